The quantitative estimate of drug-likeness (QED) is 0.291. The van der Waals surface area contributed by atoms with Crippen molar-refractivity contribution in [3.05, 3.63) is 79.8 Å². The Kier molecular flexibility index (Phi) is 5.50. The molecule has 4 nitrogen and oxygen atoms in total. The predicted octanol–water partition coefficient (Wildman–Crippen LogP) is 6.68. The minimum atomic E-state index is -0.159. The number of aryl methyl sites for hydroxylation is 1. The lowest BCUT2D eigenvalue weighted by atomic mass is 10.1. The van der Waals surface area contributed by atoms with Crippen molar-refractivity contribution < 1.29 is 9.21 Å². The summed E-state index contributed by atoms with van der Waals surface area (Å²) in [6.45, 7) is 2.11. The predicted molar refractivity (Wildman–Crippen MR) is 124 cm³/mol. The smallest absolute Gasteiger partial charge is 0.256 e. The third kappa shape index (κ3) is 3.98. The van der Waals surface area contributed by atoms with Crippen molar-refractivity contribution in [2.75, 3.05) is 5.32 Å². The van der Waals surface area contributed by atoms with E-state index in [0.717, 1.165) is 31.1 Å². The van der Waals surface area contributed by atoms with Gasteiger partial charge in [-0.15, -0.1) is 0 Å². The van der Waals surface area contributed by atoms with Gasteiger partial charge < -0.3 is 9.73 Å². The number of hydrogen-bond donors (Lipinski definition) is 1. The molecule has 28 heavy (non-hydrogen) atoms. The van der Waals surface area contributed by atoms with Crippen LogP contribution in [-0.4, -0.2) is 10.9 Å². The zero-order chi connectivity index (χ0) is 19.7. The molecule has 3 aromatic carbocycles. The first-order valence-corrected chi connectivity index (χ1v) is 10.7. The fourth-order valence-electron chi connectivity index (χ4n) is 2.92. The molecular weight excluding hydrogens is 531 g/mol. The summed E-state index contributed by atoms with van der Waals surface area (Å²) >= 11 is 5.57. The van der Waals surface area contributed by atoms with Gasteiger partial charge in [0.1, 0.15) is 5.52 Å². The number of nitrogens with one attached hydrogen (secondary N) is 1. The first-order chi connectivity index (χ1) is 13.5. The zero-order valence-corrected chi connectivity index (χ0v) is 18.7. The summed E-state index contributed by atoms with van der Waals surface area (Å²) in [5.74, 6) is 0.379. The number of carbonyl (C=O) groups excluding carboxylic acids is 1. The van der Waals surface area contributed by atoms with Crippen LogP contribution in [-0.2, 0) is 6.42 Å². The minimum absolute atomic E-state index is 0.159. The Labute approximate surface area is 184 Å². The highest BCUT2D eigenvalue weighted by molar-refractivity contribution is 14.1. The van der Waals surface area contributed by atoms with Gasteiger partial charge in [0.05, 0.1) is 5.56 Å². The molecule has 0 saturated carbocycles. The molecule has 0 atom stereocenters. The fraction of sp³-hybridized carbons (Fsp3) is 0.0909. The Bertz CT molecular complexity index is 1190. The van der Waals surface area contributed by atoms with E-state index < -0.39 is 0 Å². The van der Waals surface area contributed by atoms with Gasteiger partial charge in [0.15, 0.2) is 5.58 Å². The molecule has 4 aromatic rings. The Balaban J connectivity index is 1.63. The maximum Gasteiger partial charge on any atom is 0.256 e. The van der Waals surface area contributed by atoms with Gasteiger partial charge in [-0.3, -0.25) is 4.79 Å². The number of nitrogens with zero attached hydrogens (tertiary/aromatic N) is 1. The Morgan fingerprint density at radius 3 is 2.82 bits per heavy atom. The first-order valence-electron chi connectivity index (χ1n) is 8.80. The van der Waals surface area contributed by atoms with E-state index in [0.29, 0.717) is 17.1 Å². The summed E-state index contributed by atoms with van der Waals surface area (Å²) in [5.41, 5.74) is 4.94. The second-order valence-electron chi connectivity index (χ2n) is 6.33. The van der Waals surface area contributed by atoms with Crippen molar-refractivity contribution in [1.82, 2.24) is 4.98 Å². The lowest BCUT2D eigenvalue weighted by Gasteiger charge is -2.08. The number of benzene rings is 3. The van der Waals surface area contributed by atoms with Gasteiger partial charge in [-0.1, -0.05) is 35.0 Å². The highest BCUT2D eigenvalue weighted by atomic mass is 127. The van der Waals surface area contributed by atoms with Gasteiger partial charge >= 0.3 is 0 Å². The van der Waals surface area contributed by atoms with Gasteiger partial charge in [-0.05, 0) is 83.1 Å². The second kappa shape index (κ2) is 8.05. The average Bonchev–Trinajstić information content (AvgIpc) is 3.13. The number of rotatable bonds is 4. The molecule has 1 amide bonds. The van der Waals surface area contributed by atoms with E-state index >= 15 is 0 Å². The maximum atomic E-state index is 12.7. The van der Waals surface area contributed by atoms with Crippen LogP contribution in [0.1, 0.15) is 22.8 Å². The first kappa shape index (κ1) is 19.1. The summed E-state index contributed by atoms with van der Waals surface area (Å²) < 4.78 is 7.66. The average molecular weight is 547 g/mol. The van der Waals surface area contributed by atoms with E-state index in [1.54, 1.807) is 0 Å². The van der Waals surface area contributed by atoms with E-state index in [1.165, 1.54) is 5.56 Å². The van der Waals surface area contributed by atoms with Crippen LogP contribution >= 0.6 is 38.5 Å². The van der Waals surface area contributed by atoms with E-state index in [1.807, 2.05) is 60.7 Å². The molecule has 0 fully saturated rings. The third-order valence-electron chi connectivity index (χ3n) is 4.40. The van der Waals surface area contributed by atoms with Gasteiger partial charge in [0, 0.05) is 19.3 Å². The third-order valence-corrected chi connectivity index (χ3v) is 5.83. The van der Waals surface area contributed by atoms with Crippen LogP contribution in [0.25, 0.3) is 22.6 Å². The number of amides is 1. The molecule has 0 bridgehead atoms. The SMILES string of the molecule is CCc1ccc2oc(-c3cccc(NC(=O)c4cc(Br)ccc4I)c3)nc2c1. The molecule has 0 spiro atoms. The van der Waals surface area contributed by atoms with Crippen molar-refractivity contribution in [1.29, 1.82) is 0 Å². The molecule has 0 aliphatic rings. The number of hydrogen-bond acceptors (Lipinski definition) is 3. The van der Waals surface area contributed by atoms with Crippen LogP contribution in [0.15, 0.2) is 69.6 Å². The summed E-state index contributed by atoms with van der Waals surface area (Å²) in [5, 5.41) is 2.95. The summed E-state index contributed by atoms with van der Waals surface area (Å²) in [7, 11) is 0. The number of oxazole rings is 1. The zero-order valence-electron chi connectivity index (χ0n) is 15.0. The van der Waals surface area contributed by atoms with E-state index in [4.69, 9.17) is 4.42 Å². The standard InChI is InChI=1S/C22H16BrIN2O2/c1-2-13-6-9-20-19(10-13)26-22(28-20)14-4-3-5-16(11-14)25-21(27)17-12-15(23)7-8-18(17)24/h3-12H,2H2,1H3,(H,25,27). The highest BCUT2D eigenvalue weighted by Crippen LogP contribution is 2.27. The van der Waals surface area contributed by atoms with Gasteiger partial charge in [-0.25, -0.2) is 4.98 Å². The summed E-state index contributed by atoms with van der Waals surface area (Å²) in [4.78, 5) is 17.3. The van der Waals surface area contributed by atoms with Crippen LogP contribution in [0.4, 0.5) is 5.69 Å². The Hall–Kier alpha value is -2.19. The van der Waals surface area contributed by atoms with Gasteiger partial charge in [-0.2, -0.15) is 0 Å². The van der Waals surface area contributed by atoms with Crippen molar-refractivity contribution in [2.24, 2.45) is 0 Å². The number of aromatic nitrogens is 1. The lowest BCUT2D eigenvalue weighted by molar-refractivity contribution is 0.102. The molecule has 0 radical (unpaired) electrons. The molecule has 1 N–H and O–H groups in total. The molecular formula is C22H16BrIN2O2. The number of carbonyl (C=O) groups is 1. The number of halogens is 2. The van der Waals surface area contributed by atoms with Crippen LogP contribution in [0.2, 0.25) is 0 Å². The van der Waals surface area contributed by atoms with Crippen molar-refractivity contribution >= 4 is 61.2 Å². The summed E-state index contributed by atoms with van der Waals surface area (Å²) in [6, 6.07) is 19.2. The molecule has 0 aliphatic heterocycles. The van der Waals surface area contributed by atoms with E-state index in [-0.39, 0.29) is 5.91 Å². The van der Waals surface area contributed by atoms with Crippen LogP contribution < -0.4 is 5.32 Å². The summed E-state index contributed by atoms with van der Waals surface area (Å²) in [6.07, 6.45) is 0.952. The normalized spacial score (nSPS) is 11.0. The highest BCUT2D eigenvalue weighted by Gasteiger charge is 2.13. The Morgan fingerprint density at radius 1 is 1.14 bits per heavy atom. The molecule has 6 heteroatoms. The number of fused-ring (bicyclic) bond motifs is 1. The second-order valence-corrected chi connectivity index (χ2v) is 8.41. The monoisotopic (exact) mass is 546 g/mol. The molecule has 1 heterocycles. The van der Waals surface area contributed by atoms with Crippen molar-refractivity contribution in [3.8, 4) is 11.5 Å². The van der Waals surface area contributed by atoms with E-state index in [9.17, 15) is 4.79 Å². The van der Waals surface area contributed by atoms with Crippen LogP contribution in [0.3, 0.4) is 0 Å². The molecule has 0 saturated heterocycles. The van der Waals surface area contributed by atoms with Crippen molar-refractivity contribution in [3.63, 3.8) is 0 Å². The lowest BCUT2D eigenvalue weighted by Crippen LogP contribution is -2.13. The molecule has 1 aromatic heterocycles. The van der Waals surface area contributed by atoms with Crippen molar-refractivity contribution in [2.45, 2.75) is 13.3 Å². The molecule has 0 aliphatic carbocycles. The Morgan fingerprint density at radius 2 is 2.00 bits per heavy atom. The molecule has 140 valence electrons. The number of anilines is 1. The van der Waals surface area contributed by atoms with Gasteiger partial charge in [0.2, 0.25) is 5.89 Å². The fourth-order valence-corrected chi connectivity index (χ4v) is 3.86. The maximum absolute atomic E-state index is 12.7. The largest absolute Gasteiger partial charge is 0.436 e. The topological polar surface area (TPSA) is 55.1 Å². The molecule has 0 unspecified atom stereocenters. The minimum Gasteiger partial charge on any atom is -0.436 e. The van der Waals surface area contributed by atoms with Gasteiger partial charge in [0.25, 0.3) is 5.91 Å². The van der Waals surface area contributed by atoms with Crippen LogP contribution in [0, 0.1) is 3.57 Å². The van der Waals surface area contributed by atoms with Crippen LogP contribution in [0.5, 0.6) is 0 Å². The molecule has 4 rings (SSSR count). The van der Waals surface area contributed by atoms with E-state index in [2.05, 4.69) is 55.7 Å².